The van der Waals surface area contributed by atoms with E-state index in [9.17, 15) is 117 Å². The maximum atomic E-state index is 11.8. The Balaban J connectivity index is -0.000000204. The van der Waals surface area contributed by atoms with Gasteiger partial charge in [-0.2, -0.15) is 92.2 Å². The maximum absolute atomic E-state index is 11.8. The van der Waals surface area contributed by atoms with Gasteiger partial charge in [0.2, 0.25) is 0 Å². The molecule has 5 aromatic carbocycles. The first-order chi connectivity index (χ1) is 56.4. The van der Waals surface area contributed by atoms with E-state index in [0.29, 0.717) is 41.9 Å². The quantitative estimate of drug-likeness (QED) is 0.0192. The minimum absolute atomic E-state index is 0. The molecule has 4 aliphatic rings. The van der Waals surface area contributed by atoms with Crippen LogP contribution in [-0.2, 0) is 136 Å². The molecule has 0 bridgehead atoms. The number of phenolic OH excluding ortho intramolecular Hbond substituents is 2. The predicted octanol–water partition coefficient (Wildman–Crippen LogP) is 17.2. The van der Waals surface area contributed by atoms with Crippen LogP contribution in [0.3, 0.4) is 0 Å². The molecule has 0 aromatic heterocycles. The number of carboxylic acids is 6. The van der Waals surface area contributed by atoms with Gasteiger partial charge in [-0.25, -0.2) is 38.4 Å². The van der Waals surface area contributed by atoms with Crippen LogP contribution in [0.4, 0.5) is 92.2 Å². The van der Waals surface area contributed by atoms with Crippen molar-refractivity contribution in [3.63, 3.8) is 0 Å². The zero-order valence-electron chi connectivity index (χ0n) is 66.5. The Morgan fingerprint density at radius 2 is 0.627 bits per heavy atom. The SMILES string of the molecule is NC1CCCCC1.O=C(NC1CCCCC1)c1ccccc1.O=C(O)C(F)(F)F.O=C(O)C(F)(F)F.O=C(O)C(F)(F)F.O=C(O)C(F)(F)F.O=C(O)C(F)(F)F.O=C(O)C(F)(F)F.O=C(OC1CCCCC1)c1ccccc1.O=C(OCC(F)(F)F)c1ccccc1.OC1CCCCC1.Oc1ccccc1C=NCCN=Cc1ccccc1O.[Fe].[O]=[Zn].[Zn].[Zn].[Zn]. The summed E-state index contributed by atoms with van der Waals surface area (Å²) >= 11 is 0.125. The molecule has 0 heterocycles. The number of carbonyl (C=O) groups excluding carboxylic acids is 3. The minimum Gasteiger partial charge on any atom is 0 e. The number of nitrogens with zero attached hydrogens (tertiary/aromatic N) is 2. The third-order valence-corrected chi connectivity index (χ3v) is 14.6. The molecule has 696 valence electrons. The monoisotopic (exact) mass is 2090 g/mol. The number of nitrogens with one attached hydrogen (secondary N) is 1. The van der Waals surface area contributed by atoms with E-state index < -0.39 is 91.6 Å². The summed E-state index contributed by atoms with van der Waals surface area (Å²) in [7, 11) is 0. The number of ether oxygens (including phenoxy) is 2. The van der Waals surface area contributed by atoms with Crippen molar-refractivity contribution in [1.29, 1.82) is 0 Å². The maximum Gasteiger partial charge on any atom is 0 e. The zero-order valence-corrected chi connectivity index (χ0v) is 79.5. The molecule has 126 heavy (non-hydrogen) atoms. The Bertz CT molecular complexity index is 3520. The summed E-state index contributed by atoms with van der Waals surface area (Å²) in [6.07, 6.45) is -7.19. The number of hydrogen-bond acceptors (Lipinski definition) is 18. The number of esters is 2. The summed E-state index contributed by atoms with van der Waals surface area (Å²) in [5.74, 6) is -17.2. The van der Waals surface area contributed by atoms with Gasteiger partial charge in [-0.3, -0.25) is 14.8 Å². The summed E-state index contributed by atoms with van der Waals surface area (Å²) in [6.45, 7) is -0.502. The van der Waals surface area contributed by atoms with Gasteiger partial charge >= 0.3 is 113 Å². The average Bonchev–Trinajstić information content (AvgIpc) is 0.897. The molecule has 12 N–H and O–H groups in total. The van der Waals surface area contributed by atoms with Gasteiger partial charge in [-0.15, -0.1) is 0 Å². The molecule has 0 atom stereocenters. The van der Waals surface area contributed by atoms with Crippen LogP contribution in [0.25, 0.3) is 0 Å². The number of para-hydroxylation sites is 2. The van der Waals surface area contributed by atoms with Crippen molar-refractivity contribution in [2.45, 2.75) is 196 Å². The van der Waals surface area contributed by atoms with Crippen LogP contribution in [0, 0.1) is 0 Å². The number of aliphatic hydroxyl groups excluding tert-OH is 1. The van der Waals surface area contributed by atoms with Crippen LogP contribution in [0.5, 0.6) is 11.5 Å². The van der Waals surface area contributed by atoms with E-state index in [1.165, 1.54) is 102 Å². The molecule has 4 fully saturated rings. The number of carbonyl (C=O) groups is 9. The fourth-order valence-corrected chi connectivity index (χ4v) is 8.74. The number of aliphatic imine (C=N–C) groups is 2. The van der Waals surface area contributed by atoms with Gasteiger partial charge in [0.05, 0.1) is 30.3 Å². The number of benzene rings is 5. The summed E-state index contributed by atoms with van der Waals surface area (Å²) in [5.41, 5.74) is 8.55. The molecule has 5 aromatic rings. The fourth-order valence-electron chi connectivity index (χ4n) is 8.74. The second kappa shape index (κ2) is 72.4. The van der Waals surface area contributed by atoms with Crippen LogP contribution in [-0.4, -0.2) is 199 Å². The number of rotatable bonds is 11. The number of aliphatic carboxylic acids is 6. The van der Waals surface area contributed by atoms with E-state index in [1.807, 2.05) is 60.7 Å². The Kier molecular flexibility index (Phi) is 76.5. The first-order valence-corrected chi connectivity index (χ1v) is 36.6. The Morgan fingerprint density at radius 3 is 0.873 bits per heavy atom. The standard InChI is InChI=1S/C16H16N2O2.C13H17NO.C13H16O2.C9H7F3O2.C6H13N.C6H12O.6C2HF3O2.Fe.O.4Zn/c19-15-7-3-1-5-13(15)11-17-9-10-18-12-14-6-2-4-8-16(14)20;15-13(11-7-3-1-4-8-11)14-12-9-5-2-6-10-12;14-13(11-7-3-1-4-8-11)15-12-9-5-2-6-10-12;10-9(11,12)6-14-8(13)7-4-2-1-3-5-7;2*7-6-4-2-1-3-5-6;6*3-2(4,5)1(6)7;;;;;;/h1-8,11-12,19-20H,9-10H2;1,3-4,7-8,12H,2,5-6,9-10H2,(H,14,15);1,3-4,7-8,12H,2,5-6,9-10H2;1-5H,6H2;6H,1-5,7H2;6-7H,1-5H2;6*(H,6,7);;;;;;. The molecule has 0 spiro atoms. The van der Waals surface area contributed by atoms with E-state index in [4.69, 9.17) is 78.6 Å². The van der Waals surface area contributed by atoms with Crippen LogP contribution in [0.15, 0.2) is 150 Å². The molecule has 0 aliphatic heterocycles. The largest absolute Gasteiger partial charge is 0 e. The average molecular weight is 2100 g/mol. The summed E-state index contributed by atoms with van der Waals surface area (Å²) < 4.78 is 243. The second-order valence-electron chi connectivity index (χ2n) is 24.5. The predicted molar refractivity (Wildman–Crippen MR) is 386 cm³/mol. The molecular formula is C75H87F21FeN4O21Zn4. The van der Waals surface area contributed by atoms with Crippen LogP contribution in [0.1, 0.15) is 171 Å². The van der Waals surface area contributed by atoms with E-state index in [1.54, 1.807) is 79.2 Å². The van der Waals surface area contributed by atoms with Gasteiger partial charge in [0.15, 0.2) is 6.61 Å². The van der Waals surface area contributed by atoms with Crippen molar-refractivity contribution < 1.29 is 288 Å². The van der Waals surface area contributed by atoms with Crippen LogP contribution in [0.2, 0.25) is 0 Å². The smallest absolute Gasteiger partial charge is 0 e. The molecule has 9 rings (SSSR count). The first-order valence-electron chi connectivity index (χ1n) is 35.4. The number of amides is 1. The minimum atomic E-state index is -5.08. The van der Waals surface area contributed by atoms with Gasteiger partial charge in [-0.1, -0.05) is 143 Å². The number of aromatic hydroxyl groups is 2. The topological polar surface area (TPSA) is 434 Å². The molecule has 4 aliphatic carbocycles. The van der Waals surface area contributed by atoms with E-state index in [0.717, 1.165) is 44.1 Å². The number of alkyl halides is 21. The molecule has 4 saturated carbocycles. The third-order valence-electron chi connectivity index (χ3n) is 14.6. The van der Waals surface area contributed by atoms with E-state index >= 15 is 0 Å². The molecule has 0 radical (unpaired) electrons. The summed E-state index contributed by atoms with van der Waals surface area (Å²) in [4.78, 5) is 96.2. The van der Waals surface area contributed by atoms with Gasteiger partial charge in [0, 0.05) is 117 Å². The van der Waals surface area contributed by atoms with E-state index in [2.05, 4.69) is 20.0 Å². The van der Waals surface area contributed by atoms with Crippen molar-refractivity contribution >= 4 is 66.1 Å². The number of aliphatic hydroxyl groups is 1. The number of halogens is 21. The summed E-state index contributed by atoms with van der Waals surface area (Å²) in [5, 5.41) is 73.8. The molecule has 51 heteroatoms. The zero-order chi connectivity index (χ0) is 94.5. The van der Waals surface area contributed by atoms with Crippen molar-refractivity contribution in [2.24, 2.45) is 15.7 Å². The van der Waals surface area contributed by atoms with Crippen LogP contribution >= 0.6 is 0 Å². The van der Waals surface area contributed by atoms with Crippen molar-refractivity contribution in [3.05, 3.63) is 167 Å². The molecule has 0 saturated heterocycles. The Hall–Kier alpha value is -8.47. The number of nitrogens with two attached hydrogens (primary N) is 1. The van der Waals surface area contributed by atoms with Gasteiger partial charge in [-0.05, 0) is 125 Å². The van der Waals surface area contributed by atoms with Gasteiger partial charge in [0.1, 0.15) is 17.6 Å². The van der Waals surface area contributed by atoms with Crippen molar-refractivity contribution in [1.82, 2.24) is 5.32 Å². The summed E-state index contributed by atoms with van der Waals surface area (Å²) in [6, 6.07) is 41.2. The molecule has 25 nitrogen and oxygen atoms in total. The molecule has 1 amide bonds. The van der Waals surface area contributed by atoms with Crippen molar-refractivity contribution in [2.75, 3.05) is 19.7 Å². The Labute approximate surface area is 765 Å². The fraction of sp³-hybridized carbons (Fsp3) is 0.453. The van der Waals surface area contributed by atoms with Gasteiger partial charge < -0.3 is 66.5 Å². The second-order valence-corrected chi connectivity index (χ2v) is 24.5. The number of carboxylic acid groups (broad SMARTS) is 6. The number of hydrogen-bond donors (Lipinski definition) is 11. The van der Waals surface area contributed by atoms with Crippen molar-refractivity contribution in [3.8, 4) is 11.5 Å². The molecule has 0 unspecified atom stereocenters. The first kappa shape index (κ1) is 133. The van der Waals surface area contributed by atoms with Crippen LogP contribution < -0.4 is 11.1 Å². The third kappa shape index (κ3) is 76.7. The molecular weight excluding hydrogens is 2010 g/mol. The normalized spacial score (nSPS) is 13.8. The van der Waals surface area contributed by atoms with E-state index in [-0.39, 0.29) is 135 Å². The van der Waals surface area contributed by atoms with Gasteiger partial charge in [0.25, 0.3) is 5.91 Å². The Morgan fingerprint density at radius 1 is 0.381 bits per heavy atom. The number of phenols is 2.